The highest BCUT2D eigenvalue weighted by Crippen LogP contribution is 2.30. The summed E-state index contributed by atoms with van der Waals surface area (Å²) >= 11 is 0. The van der Waals surface area contributed by atoms with Crippen LogP contribution in [0.1, 0.15) is 50.2 Å². The summed E-state index contributed by atoms with van der Waals surface area (Å²) in [4.78, 5) is 10.8. The molecule has 0 amide bonds. The van der Waals surface area contributed by atoms with Crippen molar-refractivity contribution in [2.75, 3.05) is 6.61 Å². The Morgan fingerprint density at radius 3 is 2.78 bits per heavy atom. The molecule has 18 heavy (non-hydrogen) atoms. The molecule has 1 N–H and O–H groups in total. The number of benzene rings is 1. The van der Waals surface area contributed by atoms with Crippen LogP contribution in [0.15, 0.2) is 18.2 Å². The van der Waals surface area contributed by atoms with E-state index in [1.165, 1.54) is 0 Å². The van der Waals surface area contributed by atoms with Gasteiger partial charge in [-0.1, -0.05) is 38.0 Å². The fourth-order valence-corrected chi connectivity index (χ4v) is 1.88. The van der Waals surface area contributed by atoms with E-state index >= 15 is 0 Å². The monoisotopic (exact) mass is 250 g/mol. The first-order valence-electron chi connectivity index (χ1n) is 6.49. The molecule has 3 heteroatoms. The molecule has 0 aliphatic carbocycles. The number of aliphatic carboxylic acids is 1. The molecule has 0 heterocycles. The Labute approximate surface area is 109 Å². The van der Waals surface area contributed by atoms with Gasteiger partial charge in [-0.05, 0) is 30.9 Å². The molecule has 1 aromatic carbocycles. The number of carbonyl (C=O) groups is 1. The average molecular weight is 250 g/mol. The number of aryl methyl sites for hydroxylation is 1. The van der Waals surface area contributed by atoms with Crippen molar-refractivity contribution in [1.82, 2.24) is 0 Å². The van der Waals surface area contributed by atoms with Crippen molar-refractivity contribution >= 4 is 5.97 Å². The van der Waals surface area contributed by atoms with Crippen molar-refractivity contribution < 1.29 is 14.6 Å². The Balaban J connectivity index is 2.85. The summed E-state index contributed by atoms with van der Waals surface area (Å²) in [5.74, 6) is 0.0188. The molecule has 1 atom stereocenters. The molecule has 3 nitrogen and oxygen atoms in total. The van der Waals surface area contributed by atoms with Crippen LogP contribution in [-0.4, -0.2) is 17.7 Å². The van der Waals surface area contributed by atoms with Gasteiger partial charge in [0.15, 0.2) is 0 Å². The van der Waals surface area contributed by atoms with Crippen LogP contribution in [0, 0.1) is 6.92 Å². The SMILES string of the molecule is CCCCOc1ccc(C)cc1C(C)CC(=O)O. The van der Waals surface area contributed by atoms with Crippen LogP contribution in [0.2, 0.25) is 0 Å². The maximum Gasteiger partial charge on any atom is 0.303 e. The lowest BCUT2D eigenvalue weighted by molar-refractivity contribution is -0.137. The lowest BCUT2D eigenvalue weighted by atomic mass is 9.95. The van der Waals surface area contributed by atoms with E-state index in [1.54, 1.807) is 0 Å². The molecule has 0 radical (unpaired) electrons. The fraction of sp³-hybridized carbons (Fsp3) is 0.533. The van der Waals surface area contributed by atoms with E-state index in [9.17, 15) is 4.79 Å². The number of unbranched alkanes of at least 4 members (excludes halogenated alkanes) is 1. The minimum absolute atomic E-state index is 0.0287. The summed E-state index contributed by atoms with van der Waals surface area (Å²) < 4.78 is 5.74. The predicted octanol–water partition coefficient (Wildman–Crippen LogP) is 3.75. The number of hydrogen-bond donors (Lipinski definition) is 1. The number of carboxylic acids is 1. The zero-order chi connectivity index (χ0) is 13.5. The van der Waals surface area contributed by atoms with Gasteiger partial charge in [0.05, 0.1) is 13.0 Å². The van der Waals surface area contributed by atoms with Gasteiger partial charge in [0, 0.05) is 0 Å². The van der Waals surface area contributed by atoms with Crippen molar-refractivity contribution in [2.45, 2.75) is 46.0 Å². The van der Waals surface area contributed by atoms with E-state index in [-0.39, 0.29) is 12.3 Å². The number of rotatable bonds is 7. The molecular formula is C15H22O3. The zero-order valence-corrected chi connectivity index (χ0v) is 11.4. The predicted molar refractivity (Wildman–Crippen MR) is 72.2 cm³/mol. The molecule has 0 fully saturated rings. The van der Waals surface area contributed by atoms with Crippen LogP contribution in [0.5, 0.6) is 5.75 Å². The van der Waals surface area contributed by atoms with Crippen LogP contribution in [-0.2, 0) is 4.79 Å². The Kier molecular flexibility index (Phi) is 5.69. The maximum absolute atomic E-state index is 10.8. The third kappa shape index (κ3) is 4.40. The molecule has 1 unspecified atom stereocenters. The standard InChI is InChI=1S/C15H22O3/c1-4-5-8-18-14-7-6-11(2)9-13(14)12(3)10-15(16)17/h6-7,9,12H,4-5,8,10H2,1-3H3,(H,16,17). The Morgan fingerprint density at radius 1 is 1.44 bits per heavy atom. The molecule has 0 aliphatic rings. The Hall–Kier alpha value is -1.51. The lowest BCUT2D eigenvalue weighted by Gasteiger charge is -2.16. The second kappa shape index (κ2) is 7.04. The van der Waals surface area contributed by atoms with Gasteiger partial charge < -0.3 is 9.84 Å². The highest BCUT2D eigenvalue weighted by molar-refractivity contribution is 5.68. The van der Waals surface area contributed by atoms with Gasteiger partial charge in [0.1, 0.15) is 5.75 Å². The van der Waals surface area contributed by atoms with Gasteiger partial charge in [0.2, 0.25) is 0 Å². The van der Waals surface area contributed by atoms with Crippen LogP contribution < -0.4 is 4.74 Å². The molecule has 100 valence electrons. The van der Waals surface area contributed by atoms with Crippen molar-refractivity contribution in [2.24, 2.45) is 0 Å². The highest BCUT2D eigenvalue weighted by Gasteiger charge is 2.15. The minimum atomic E-state index is -0.775. The Bertz CT molecular complexity index is 399. The van der Waals surface area contributed by atoms with Crippen molar-refractivity contribution in [3.8, 4) is 5.75 Å². The number of hydrogen-bond acceptors (Lipinski definition) is 2. The van der Waals surface area contributed by atoms with E-state index in [0.717, 1.165) is 29.7 Å². The summed E-state index contributed by atoms with van der Waals surface area (Å²) in [6, 6.07) is 5.96. The second-order valence-corrected chi connectivity index (χ2v) is 4.74. The molecule has 0 bridgehead atoms. The van der Waals surface area contributed by atoms with E-state index in [4.69, 9.17) is 9.84 Å². The van der Waals surface area contributed by atoms with Gasteiger partial charge in [0.25, 0.3) is 0 Å². The van der Waals surface area contributed by atoms with Gasteiger partial charge >= 0.3 is 5.97 Å². The first kappa shape index (κ1) is 14.6. The first-order chi connectivity index (χ1) is 8.54. The second-order valence-electron chi connectivity index (χ2n) is 4.74. The third-order valence-corrected chi connectivity index (χ3v) is 2.93. The normalized spacial score (nSPS) is 12.2. The van der Waals surface area contributed by atoms with Crippen LogP contribution in [0.4, 0.5) is 0 Å². The first-order valence-corrected chi connectivity index (χ1v) is 6.49. The smallest absolute Gasteiger partial charge is 0.303 e. The quantitative estimate of drug-likeness (QED) is 0.750. The summed E-state index contributed by atoms with van der Waals surface area (Å²) in [7, 11) is 0. The van der Waals surface area contributed by atoms with Crippen LogP contribution in [0.3, 0.4) is 0 Å². The number of ether oxygens (including phenoxy) is 1. The minimum Gasteiger partial charge on any atom is -0.493 e. The fourth-order valence-electron chi connectivity index (χ4n) is 1.88. The van der Waals surface area contributed by atoms with Crippen molar-refractivity contribution in [3.05, 3.63) is 29.3 Å². The molecule has 0 spiro atoms. The topological polar surface area (TPSA) is 46.5 Å². The summed E-state index contributed by atoms with van der Waals surface area (Å²) in [5, 5.41) is 8.88. The third-order valence-electron chi connectivity index (χ3n) is 2.93. The van der Waals surface area contributed by atoms with Gasteiger partial charge in [-0.15, -0.1) is 0 Å². The molecule has 0 saturated carbocycles. The van der Waals surface area contributed by atoms with Gasteiger partial charge in [-0.25, -0.2) is 0 Å². The summed E-state index contributed by atoms with van der Waals surface area (Å²) in [6.07, 6.45) is 2.24. The van der Waals surface area contributed by atoms with Crippen molar-refractivity contribution in [1.29, 1.82) is 0 Å². The molecule has 0 aliphatic heterocycles. The van der Waals surface area contributed by atoms with E-state index in [2.05, 4.69) is 6.92 Å². The molecular weight excluding hydrogens is 228 g/mol. The molecule has 1 rings (SSSR count). The van der Waals surface area contributed by atoms with Gasteiger partial charge in [-0.3, -0.25) is 4.79 Å². The van der Waals surface area contributed by atoms with E-state index in [1.807, 2.05) is 32.0 Å². The Morgan fingerprint density at radius 2 is 2.17 bits per heavy atom. The lowest BCUT2D eigenvalue weighted by Crippen LogP contribution is -2.06. The van der Waals surface area contributed by atoms with Crippen LogP contribution in [0.25, 0.3) is 0 Å². The van der Waals surface area contributed by atoms with E-state index in [0.29, 0.717) is 6.61 Å². The highest BCUT2D eigenvalue weighted by atomic mass is 16.5. The number of carboxylic acid groups (broad SMARTS) is 1. The zero-order valence-electron chi connectivity index (χ0n) is 11.4. The average Bonchev–Trinajstić information content (AvgIpc) is 2.30. The molecule has 0 aromatic heterocycles. The maximum atomic E-state index is 10.8. The van der Waals surface area contributed by atoms with Crippen LogP contribution >= 0.6 is 0 Å². The summed E-state index contributed by atoms with van der Waals surface area (Å²) in [6.45, 7) is 6.74. The molecule has 0 saturated heterocycles. The van der Waals surface area contributed by atoms with Crippen molar-refractivity contribution in [3.63, 3.8) is 0 Å². The molecule has 1 aromatic rings. The largest absolute Gasteiger partial charge is 0.493 e. The summed E-state index contributed by atoms with van der Waals surface area (Å²) in [5.41, 5.74) is 2.12. The van der Waals surface area contributed by atoms with Gasteiger partial charge in [-0.2, -0.15) is 0 Å². The van der Waals surface area contributed by atoms with E-state index < -0.39 is 5.97 Å².